The molecule has 7 nitrogen and oxygen atoms in total. The van der Waals surface area contributed by atoms with Gasteiger partial charge in [-0.05, 0) is 40.5 Å². The Kier molecular flexibility index (Phi) is 6.96. The standard InChI is InChI=1S/C28H32N2O5/c1-28(2,3)24(25(31)29-18-10-8-9-17(15-18)26(32)33)30-27(34)35-16-23-21-13-6-4-11-19(21)20-12-5-7-14-22(20)23/h4-8,10-14,17-18,23-24H,9,15-16H2,1-3H3,(H,29,31)(H,30,34)(H,32,33)/t17-,18-,24+/m0/s1. The average molecular weight is 477 g/mol. The quantitative estimate of drug-likeness (QED) is 0.534. The van der Waals surface area contributed by atoms with Gasteiger partial charge in [0.1, 0.15) is 12.6 Å². The molecule has 0 spiro atoms. The van der Waals surface area contributed by atoms with Crippen LogP contribution in [0.1, 0.15) is 50.7 Å². The molecule has 0 aliphatic heterocycles. The molecule has 2 amide bonds. The molecule has 3 N–H and O–H groups in total. The minimum Gasteiger partial charge on any atom is -0.481 e. The number of hydrogen-bond acceptors (Lipinski definition) is 4. The molecule has 2 aliphatic carbocycles. The number of alkyl carbamates (subject to hydrolysis) is 1. The zero-order valence-electron chi connectivity index (χ0n) is 20.3. The maximum Gasteiger partial charge on any atom is 0.407 e. The highest BCUT2D eigenvalue weighted by Crippen LogP contribution is 2.44. The summed E-state index contributed by atoms with van der Waals surface area (Å²) in [7, 11) is 0. The van der Waals surface area contributed by atoms with Crippen molar-refractivity contribution >= 4 is 18.0 Å². The van der Waals surface area contributed by atoms with Crippen LogP contribution in [0, 0.1) is 11.3 Å². The van der Waals surface area contributed by atoms with Gasteiger partial charge in [0, 0.05) is 12.0 Å². The van der Waals surface area contributed by atoms with Crippen molar-refractivity contribution in [3.8, 4) is 11.1 Å². The van der Waals surface area contributed by atoms with Crippen molar-refractivity contribution in [2.45, 2.75) is 51.6 Å². The third kappa shape index (κ3) is 5.39. The molecule has 2 aromatic rings. The predicted molar refractivity (Wildman–Crippen MR) is 133 cm³/mol. The van der Waals surface area contributed by atoms with E-state index in [-0.39, 0.29) is 18.4 Å². The van der Waals surface area contributed by atoms with Crippen molar-refractivity contribution in [1.82, 2.24) is 10.6 Å². The van der Waals surface area contributed by atoms with Gasteiger partial charge in [-0.3, -0.25) is 9.59 Å². The zero-order valence-corrected chi connectivity index (χ0v) is 20.3. The SMILES string of the molecule is CC(C)(C)[C@H](NC(=O)OCC1c2ccccc2-c2ccccc21)C(=O)N[C@H]1C=CC[C@H](C(=O)O)C1. The van der Waals surface area contributed by atoms with Crippen LogP contribution in [0.3, 0.4) is 0 Å². The van der Waals surface area contributed by atoms with Gasteiger partial charge in [-0.15, -0.1) is 0 Å². The van der Waals surface area contributed by atoms with Crippen molar-refractivity contribution in [3.05, 3.63) is 71.8 Å². The summed E-state index contributed by atoms with van der Waals surface area (Å²) in [5, 5.41) is 14.9. The van der Waals surface area contributed by atoms with E-state index in [4.69, 9.17) is 4.74 Å². The number of nitrogens with one attached hydrogen (secondary N) is 2. The van der Waals surface area contributed by atoms with Crippen LogP contribution in [0.15, 0.2) is 60.7 Å². The Bertz CT molecular complexity index is 1100. The summed E-state index contributed by atoms with van der Waals surface area (Å²) in [6.07, 6.45) is 3.69. The number of carboxylic acid groups (broad SMARTS) is 1. The number of amides is 2. The first-order valence-corrected chi connectivity index (χ1v) is 12.0. The van der Waals surface area contributed by atoms with E-state index in [1.165, 1.54) is 0 Å². The predicted octanol–water partition coefficient (Wildman–Crippen LogP) is 4.48. The van der Waals surface area contributed by atoms with E-state index >= 15 is 0 Å². The van der Waals surface area contributed by atoms with Crippen molar-refractivity contribution in [1.29, 1.82) is 0 Å². The highest BCUT2D eigenvalue weighted by atomic mass is 16.5. The highest BCUT2D eigenvalue weighted by Gasteiger charge is 2.36. The lowest BCUT2D eigenvalue weighted by Crippen LogP contribution is -2.55. The summed E-state index contributed by atoms with van der Waals surface area (Å²) in [5.41, 5.74) is 3.93. The second-order valence-electron chi connectivity index (χ2n) is 10.3. The fraction of sp³-hybridized carbons (Fsp3) is 0.393. The molecule has 2 aromatic carbocycles. The van der Waals surface area contributed by atoms with Crippen LogP contribution in [0.5, 0.6) is 0 Å². The van der Waals surface area contributed by atoms with Crippen LogP contribution in [0.2, 0.25) is 0 Å². The number of fused-ring (bicyclic) bond motifs is 3. The number of carbonyl (C=O) groups excluding carboxylic acids is 2. The first-order chi connectivity index (χ1) is 16.6. The Hall–Kier alpha value is -3.61. The monoisotopic (exact) mass is 476 g/mol. The Balaban J connectivity index is 1.41. The molecule has 0 fully saturated rings. The normalized spacial score (nSPS) is 19.9. The number of carbonyl (C=O) groups is 3. The maximum atomic E-state index is 13.1. The third-order valence-electron chi connectivity index (χ3n) is 6.74. The van der Waals surface area contributed by atoms with Gasteiger partial charge < -0.3 is 20.5 Å². The molecular formula is C28H32N2O5. The first-order valence-electron chi connectivity index (χ1n) is 12.0. The van der Waals surface area contributed by atoms with Crippen LogP contribution >= 0.6 is 0 Å². The molecule has 0 saturated carbocycles. The molecule has 2 aliphatic rings. The van der Waals surface area contributed by atoms with Crippen LogP contribution in [-0.2, 0) is 14.3 Å². The molecule has 0 unspecified atom stereocenters. The van der Waals surface area contributed by atoms with Crippen LogP contribution < -0.4 is 10.6 Å². The van der Waals surface area contributed by atoms with Gasteiger partial charge in [0.15, 0.2) is 0 Å². The molecule has 0 aromatic heterocycles. The molecular weight excluding hydrogens is 444 g/mol. The molecule has 0 radical (unpaired) electrons. The Morgan fingerprint density at radius 2 is 1.63 bits per heavy atom. The third-order valence-corrected chi connectivity index (χ3v) is 6.74. The molecule has 0 heterocycles. The highest BCUT2D eigenvalue weighted by molar-refractivity contribution is 5.87. The zero-order chi connectivity index (χ0) is 25.2. The van der Waals surface area contributed by atoms with Crippen LogP contribution in [-0.4, -0.2) is 41.8 Å². The molecule has 4 rings (SSSR count). The Morgan fingerprint density at radius 3 is 2.20 bits per heavy atom. The fourth-order valence-corrected chi connectivity index (χ4v) is 4.90. The second kappa shape index (κ2) is 9.94. The van der Waals surface area contributed by atoms with Crippen molar-refractivity contribution in [2.24, 2.45) is 11.3 Å². The summed E-state index contributed by atoms with van der Waals surface area (Å²) in [5.74, 6) is -1.85. The number of benzene rings is 2. The smallest absolute Gasteiger partial charge is 0.407 e. The minimum absolute atomic E-state index is 0.0737. The van der Waals surface area contributed by atoms with Gasteiger partial charge in [0.2, 0.25) is 5.91 Å². The molecule has 0 saturated heterocycles. The summed E-state index contributed by atoms with van der Waals surface area (Å²) in [4.78, 5) is 37.2. The van der Waals surface area contributed by atoms with Crippen molar-refractivity contribution in [2.75, 3.05) is 6.61 Å². The lowest BCUT2D eigenvalue weighted by atomic mass is 9.85. The summed E-state index contributed by atoms with van der Waals surface area (Å²) in [6.45, 7) is 5.73. The topological polar surface area (TPSA) is 105 Å². The number of hydrogen-bond donors (Lipinski definition) is 3. The van der Waals surface area contributed by atoms with Gasteiger partial charge >= 0.3 is 12.1 Å². The Morgan fingerprint density at radius 1 is 1.03 bits per heavy atom. The average Bonchev–Trinajstić information content (AvgIpc) is 3.14. The van der Waals surface area contributed by atoms with Gasteiger partial charge in [0.05, 0.1) is 5.92 Å². The molecule has 7 heteroatoms. The fourth-order valence-electron chi connectivity index (χ4n) is 4.90. The van der Waals surface area contributed by atoms with Gasteiger partial charge in [-0.2, -0.15) is 0 Å². The molecule has 184 valence electrons. The summed E-state index contributed by atoms with van der Waals surface area (Å²) < 4.78 is 5.63. The van der Waals surface area contributed by atoms with E-state index in [2.05, 4.69) is 34.9 Å². The lowest BCUT2D eigenvalue weighted by Gasteiger charge is -2.32. The number of carboxylic acids is 1. The van der Waals surface area contributed by atoms with Crippen LogP contribution in [0.4, 0.5) is 4.79 Å². The minimum atomic E-state index is -0.877. The number of ether oxygens (including phenoxy) is 1. The number of aliphatic carboxylic acids is 1. The largest absolute Gasteiger partial charge is 0.481 e. The van der Waals surface area contributed by atoms with E-state index in [9.17, 15) is 19.5 Å². The molecule has 35 heavy (non-hydrogen) atoms. The van der Waals surface area contributed by atoms with Crippen LogP contribution in [0.25, 0.3) is 11.1 Å². The summed E-state index contributed by atoms with van der Waals surface area (Å²) >= 11 is 0. The van der Waals surface area contributed by atoms with E-state index in [0.29, 0.717) is 12.8 Å². The van der Waals surface area contributed by atoms with Crippen molar-refractivity contribution < 1.29 is 24.2 Å². The number of rotatable bonds is 6. The second-order valence-corrected chi connectivity index (χ2v) is 10.3. The van der Waals surface area contributed by atoms with Crippen molar-refractivity contribution in [3.63, 3.8) is 0 Å². The molecule has 0 bridgehead atoms. The van der Waals surface area contributed by atoms with E-state index < -0.39 is 35.5 Å². The number of allylic oxidation sites excluding steroid dienone is 1. The van der Waals surface area contributed by atoms with E-state index in [1.807, 2.05) is 51.1 Å². The summed E-state index contributed by atoms with van der Waals surface area (Å²) in [6, 6.07) is 15.0. The maximum absolute atomic E-state index is 13.1. The van der Waals surface area contributed by atoms with Gasteiger partial charge in [0.25, 0.3) is 0 Å². The van der Waals surface area contributed by atoms with E-state index in [1.54, 1.807) is 6.08 Å². The molecule has 3 atom stereocenters. The van der Waals surface area contributed by atoms with Gasteiger partial charge in [-0.1, -0.05) is 81.5 Å². The first kappa shape index (κ1) is 24.5. The lowest BCUT2D eigenvalue weighted by molar-refractivity contribution is -0.142. The van der Waals surface area contributed by atoms with E-state index in [0.717, 1.165) is 22.3 Å². The van der Waals surface area contributed by atoms with Gasteiger partial charge in [-0.25, -0.2) is 4.79 Å². The Labute approximate surface area is 205 Å².